The first-order valence-corrected chi connectivity index (χ1v) is 24.5. The zero-order valence-electron chi connectivity index (χ0n) is 39.0. The highest BCUT2D eigenvalue weighted by molar-refractivity contribution is 6.07. The van der Waals surface area contributed by atoms with Crippen LogP contribution in [0.25, 0.3) is 0 Å². The van der Waals surface area contributed by atoms with Gasteiger partial charge in [0.1, 0.15) is 0 Å². The minimum Gasteiger partial charge on any atom is -0.493 e. The van der Waals surface area contributed by atoms with E-state index in [1.807, 2.05) is 12.1 Å². The molecule has 1 fully saturated rings. The molecule has 9 nitrogen and oxygen atoms in total. The molecule has 1 aliphatic heterocycles. The Hall–Kier alpha value is -3.14. The molecule has 2 aliphatic rings. The summed E-state index contributed by atoms with van der Waals surface area (Å²) in [5.74, 6) is -0.775. The molecule has 0 amide bonds. The molecule has 62 heavy (non-hydrogen) atoms. The number of ketones is 1. The smallest absolute Gasteiger partial charge is 0.350 e. The molecule has 350 valence electrons. The van der Waals surface area contributed by atoms with E-state index in [0.717, 1.165) is 76.6 Å². The van der Waals surface area contributed by atoms with Crippen molar-refractivity contribution in [3.05, 3.63) is 59.2 Å². The third kappa shape index (κ3) is 17.8. The largest absolute Gasteiger partial charge is 0.493 e. The lowest BCUT2D eigenvalue weighted by molar-refractivity contribution is -0.461. The molecular weight excluding hydrogens is 802 g/mol. The number of benzene rings is 2. The van der Waals surface area contributed by atoms with Gasteiger partial charge in [0.25, 0.3) is 0 Å². The van der Waals surface area contributed by atoms with Gasteiger partial charge >= 0.3 is 11.9 Å². The molecule has 1 heterocycles. The molecule has 2 atom stereocenters. The van der Waals surface area contributed by atoms with Crippen molar-refractivity contribution >= 4 is 30.1 Å². The number of hydrogen-bond donors (Lipinski definition) is 0. The third-order valence-corrected chi connectivity index (χ3v) is 13.4. The van der Waals surface area contributed by atoms with Crippen molar-refractivity contribution in [1.29, 1.82) is 0 Å². The van der Waals surface area contributed by atoms with Crippen molar-refractivity contribution in [2.24, 2.45) is 17.3 Å². The van der Waals surface area contributed by atoms with E-state index in [4.69, 9.17) is 24.3 Å². The van der Waals surface area contributed by atoms with Gasteiger partial charge in [-0.15, -0.1) is 12.4 Å². The number of fused-ring (bicyclic) bond motifs is 1. The number of piperidine rings is 1. The van der Waals surface area contributed by atoms with Crippen LogP contribution in [0.5, 0.6) is 11.5 Å². The molecule has 0 bridgehead atoms. The second kappa shape index (κ2) is 30.9. The topological polar surface area (TPSA) is 101 Å². The van der Waals surface area contributed by atoms with Gasteiger partial charge < -0.3 is 9.47 Å². The van der Waals surface area contributed by atoms with Crippen molar-refractivity contribution in [3.63, 3.8) is 0 Å². The van der Waals surface area contributed by atoms with Crippen LogP contribution in [-0.2, 0) is 37.4 Å². The van der Waals surface area contributed by atoms with E-state index < -0.39 is 23.3 Å². The molecule has 2 aromatic carbocycles. The second-order valence-corrected chi connectivity index (χ2v) is 18.2. The molecule has 0 aromatic heterocycles. The highest BCUT2D eigenvalue weighted by Gasteiger charge is 2.55. The van der Waals surface area contributed by atoms with Crippen molar-refractivity contribution in [2.45, 2.75) is 194 Å². The van der Waals surface area contributed by atoms with Crippen molar-refractivity contribution in [2.75, 3.05) is 27.3 Å². The van der Waals surface area contributed by atoms with Crippen LogP contribution in [0.4, 0.5) is 0 Å². The summed E-state index contributed by atoms with van der Waals surface area (Å²) >= 11 is 0. The zero-order chi connectivity index (χ0) is 43.5. The molecule has 1 aliphatic carbocycles. The van der Waals surface area contributed by atoms with Crippen molar-refractivity contribution in [1.82, 2.24) is 4.90 Å². The Labute approximate surface area is 381 Å². The lowest BCUT2D eigenvalue weighted by Gasteiger charge is -2.40. The third-order valence-electron chi connectivity index (χ3n) is 13.4. The van der Waals surface area contributed by atoms with Crippen LogP contribution in [0.3, 0.4) is 0 Å². The van der Waals surface area contributed by atoms with Crippen molar-refractivity contribution < 1.29 is 38.7 Å². The van der Waals surface area contributed by atoms with Gasteiger partial charge in [0, 0.05) is 23.6 Å². The fraction of sp³-hybridized carbons (Fsp3) is 0.712. The fourth-order valence-electron chi connectivity index (χ4n) is 9.84. The molecule has 10 heteroatoms. The number of carbonyl (C=O) groups is 3. The zero-order valence-corrected chi connectivity index (χ0v) is 39.8. The highest BCUT2D eigenvalue weighted by Crippen LogP contribution is 2.52. The molecule has 0 saturated carbocycles. The number of ether oxygens (including phenoxy) is 2. The Morgan fingerprint density at radius 1 is 0.694 bits per heavy atom. The van der Waals surface area contributed by atoms with E-state index in [1.54, 1.807) is 20.3 Å². The van der Waals surface area contributed by atoms with Crippen LogP contribution in [-0.4, -0.2) is 49.9 Å². The van der Waals surface area contributed by atoms with Crippen LogP contribution in [0.2, 0.25) is 0 Å². The molecule has 2 unspecified atom stereocenters. The number of carbonyl (C=O) groups excluding carboxylic acids is 3. The molecule has 2 aromatic rings. The van der Waals surface area contributed by atoms with Crippen LogP contribution < -0.4 is 9.47 Å². The van der Waals surface area contributed by atoms with Gasteiger partial charge in [-0.25, -0.2) is 9.59 Å². The first kappa shape index (κ1) is 53.2. The molecular formula is C52H82ClNO8. The Morgan fingerprint density at radius 3 is 1.76 bits per heavy atom. The van der Waals surface area contributed by atoms with E-state index in [9.17, 15) is 9.59 Å². The number of Topliss-reactive ketones (excluding diaryl/α,β-unsaturated/α-hetero) is 1. The monoisotopic (exact) mass is 884 g/mol. The van der Waals surface area contributed by atoms with E-state index in [2.05, 4.69) is 43.0 Å². The lowest BCUT2D eigenvalue weighted by Crippen LogP contribution is -2.45. The first-order valence-electron chi connectivity index (χ1n) is 24.5. The second-order valence-electron chi connectivity index (χ2n) is 18.2. The average Bonchev–Trinajstić information content (AvgIpc) is 3.54. The van der Waals surface area contributed by atoms with Crippen LogP contribution >= 0.6 is 12.4 Å². The van der Waals surface area contributed by atoms with Gasteiger partial charge in [-0.2, -0.15) is 0 Å². The van der Waals surface area contributed by atoms with Gasteiger partial charge in [0.05, 0.1) is 25.6 Å². The van der Waals surface area contributed by atoms with Gasteiger partial charge in [-0.05, 0) is 80.8 Å². The Kier molecular flexibility index (Phi) is 26.5. The van der Waals surface area contributed by atoms with Crippen LogP contribution in [0.1, 0.15) is 202 Å². The summed E-state index contributed by atoms with van der Waals surface area (Å²) in [5.41, 5.74) is 1.66. The van der Waals surface area contributed by atoms with E-state index in [-0.39, 0.29) is 30.5 Å². The summed E-state index contributed by atoms with van der Waals surface area (Å²) < 4.78 is 11.3. The highest BCUT2D eigenvalue weighted by atomic mass is 35.5. The number of likely N-dealkylation sites (tertiary alicyclic amines) is 1. The minimum absolute atomic E-state index is 0. The molecule has 0 N–H and O–H groups in total. The number of nitrogens with zero attached hydrogens (tertiary/aromatic N) is 1. The summed E-state index contributed by atoms with van der Waals surface area (Å²) in [7, 11) is 3.17. The first-order chi connectivity index (χ1) is 29.8. The van der Waals surface area contributed by atoms with Crippen LogP contribution in [0, 0.1) is 17.3 Å². The Balaban J connectivity index is 0.0000102. The number of halogens is 1. The number of methoxy groups -OCH3 is 2. The fourth-order valence-corrected chi connectivity index (χ4v) is 9.84. The standard InChI is InChI=1S/C52H81NO8.ClH/c1-5-7-9-11-13-15-17-19-21-23-28-32-49(54)59-61-60-51(56)46(31-27-22-20-18-16-14-12-10-8-6-2)52(40-44-37-47(57-3)48(58-4)38-45(44)50(52)55)39-42-33-35-53(36-34-42)41-43-29-25-24-26-30-43;/h24-26,29-30,37-38,42,46H,5-23,27-28,31-36,39-41H2,1-4H3;1H. The minimum atomic E-state index is -1.05. The normalized spacial score (nSPS) is 17.0. The van der Waals surface area contributed by atoms with E-state index in [1.165, 1.54) is 95.5 Å². The summed E-state index contributed by atoms with van der Waals surface area (Å²) in [4.78, 5) is 54.9. The van der Waals surface area contributed by atoms with Crippen LogP contribution in [0.15, 0.2) is 42.5 Å². The quantitative estimate of drug-likeness (QED) is 0.0394. The predicted molar refractivity (Wildman–Crippen MR) is 251 cm³/mol. The molecule has 0 radical (unpaired) electrons. The summed E-state index contributed by atoms with van der Waals surface area (Å²) in [6.07, 6.45) is 28.1. The number of hydrogen-bond acceptors (Lipinski definition) is 9. The Morgan fingerprint density at radius 2 is 1.21 bits per heavy atom. The van der Waals surface area contributed by atoms with Gasteiger partial charge in [-0.1, -0.05) is 173 Å². The van der Waals surface area contributed by atoms with Gasteiger partial charge in [-0.3, -0.25) is 19.5 Å². The maximum atomic E-state index is 15.0. The van der Waals surface area contributed by atoms with Gasteiger partial charge in [0.15, 0.2) is 17.3 Å². The van der Waals surface area contributed by atoms with Gasteiger partial charge in [0.2, 0.25) is 0 Å². The number of unbranched alkanes of at least 4 members (excludes halogenated alkanes) is 19. The molecule has 4 rings (SSSR count). The summed E-state index contributed by atoms with van der Waals surface area (Å²) in [6, 6.07) is 14.2. The Bertz CT molecular complexity index is 1550. The van der Waals surface area contributed by atoms with E-state index >= 15 is 4.79 Å². The van der Waals surface area contributed by atoms with Crippen molar-refractivity contribution in [3.8, 4) is 11.5 Å². The predicted octanol–water partition coefficient (Wildman–Crippen LogP) is 13.7. The lowest BCUT2D eigenvalue weighted by atomic mass is 9.64. The van der Waals surface area contributed by atoms with E-state index in [0.29, 0.717) is 42.7 Å². The average molecular weight is 885 g/mol. The molecule has 1 saturated heterocycles. The maximum Gasteiger partial charge on any atom is 0.350 e. The summed E-state index contributed by atoms with van der Waals surface area (Å²) in [5, 5.41) is 4.98. The number of rotatable bonds is 33. The maximum absolute atomic E-state index is 15.0. The summed E-state index contributed by atoms with van der Waals surface area (Å²) in [6.45, 7) is 7.22. The SMILES string of the molecule is CCCCCCCCCCCCCC(=O)OOOC(=O)C(CCCCCCCCCCCC)C1(CC2CCN(Cc3ccccc3)CC2)Cc2cc(OC)c(OC)cc2C1=O.Cl. The molecule has 0 spiro atoms.